The van der Waals surface area contributed by atoms with Crippen molar-refractivity contribution in [3.63, 3.8) is 0 Å². The fourth-order valence-corrected chi connectivity index (χ4v) is 4.65. The summed E-state index contributed by atoms with van der Waals surface area (Å²) in [5.74, 6) is -0.0941. The second-order valence-electron chi connectivity index (χ2n) is 8.76. The van der Waals surface area contributed by atoms with Gasteiger partial charge in [-0.05, 0) is 76.0 Å². The molecule has 4 rings (SSSR count). The van der Waals surface area contributed by atoms with Gasteiger partial charge in [0.1, 0.15) is 0 Å². The molecule has 2 aromatic carbocycles. The minimum atomic E-state index is -0.538. The fourth-order valence-electron chi connectivity index (χ4n) is 4.65. The zero-order chi connectivity index (χ0) is 23.4. The van der Waals surface area contributed by atoms with E-state index in [1.54, 1.807) is 12.1 Å². The SMILES string of the molecule is CCn1c(=O)c(=O)n(Cc2ccc(C(=O)NCCC(C)N3CCCC3)cc2)c2ccccc21. The van der Waals surface area contributed by atoms with E-state index >= 15 is 0 Å². The van der Waals surface area contributed by atoms with Crippen molar-refractivity contribution in [2.75, 3.05) is 19.6 Å². The van der Waals surface area contributed by atoms with Crippen LogP contribution in [0.2, 0.25) is 0 Å². The molecule has 0 aliphatic carbocycles. The lowest BCUT2D eigenvalue weighted by Crippen LogP contribution is -2.41. The van der Waals surface area contributed by atoms with E-state index in [-0.39, 0.29) is 12.5 Å². The minimum absolute atomic E-state index is 0.0941. The average molecular weight is 449 g/mol. The van der Waals surface area contributed by atoms with Crippen LogP contribution >= 0.6 is 0 Å². The monoisotopic (exact) mass is 448 g/mol. The van der Waals surface area contributed by atoms with Gasteiger partial charge in [0.15, 0.2) is 0 Å². The van der Waals surface area contributed by atoms with Gasteiger partial charge in [-0.3, -0.25) is 19.0 Å². The van der Waals surface area contributed by atoms with Gasteiger partial charge in [0.05, 0.1) is 17.6 Å². The van der Waals surface area contributed by atoms with Crippen LogP contribution in [0, 0.1) is 0 Å². The van der Waals surface area contributed by atoms with E-state index < -0.39 is 11.1 Å². The molecule has 2 heterocycles. The molecule has 33 heavy (non-hydrogen) atoms. The number of amides is 1. The number of hydrogen-bond donors (Lipinski definition) is 1. The van der Waals surface area contributed by atoms with Crippen LogP contribution in [0.1, 0.15) is 49.0 Å². The Kier molecular flexibility index (Phi) is 7.08. The Balaban J connectivity index is 1.44. The van der Waals surface area contributed by atoms with Gasteiger partial charge < -0.3 is 14.8 Å². The summed E-state index contributed by atoms with van der Waals surface area (Å²) in [6.07, 6.45) is 3.47. The summed E-state index contributed by atoms with van der Waals surface area (Å²) in [6.45, 7) is 7.74. The van der Waals surface area contributed by atoms with Gasteiger partial charge >= 0.3 is 11.1 Å². The van der Waals surface area contributed by atoms with Gasteiger partial charge in [-0.1, -0.05) is 24.3 Å². The zero-order valence-electron chi connectivity index (χ0n) is 19.4. The van der Waals surface area contributed by atoms with Crippen LogP contribution in [0.3, 0.4) is 0 Å². The lowest BCUT2D eigenvalue weighted by molar-refractivity contribution is 0.0949. The van der Waals surface area contributed by atoms with Crippen LogP contribution in [0.25, 0.3) is 11.0 Å². The second kappa shape index (κ2) is 10.2. The highest BCUT2D eigenvalue weighted by Crippen LogP contribution is 2.14. The molecule has 1 atom stereocenters. The molecule has 1 fully saturated rings. The number of aryl methyl sites for hydroxylation is 1. The number of benzene rings is 2. The Morgan fingerprint density at radius 1 is 0.939 bits per heavy atom. The van der Waals surface area contributed by atoms with Crippen molar-refractivity contribution < 1.29 is 4.79 Å². The topological polar surface area (TPSA) is 76.3 Å². The van der Waals surface area contributed by atoms with Crippen LogP contribution in [0.4, 0.5) is 0 Å². The number of likely N-dealkylation sites (tertiary alicyclic amines) is 1. The van der Waals surface area contributed by atoms with E-state index in [0.29, 0.717) is 24.7 Å². The Bertz CT molecular complexity index is 1240. The third-order valence-electron chi connectivity index (χ3n) is 6.62. The van der Waals surface area contributed by atoms with Gasteiger partial charge in [0.2, 0.25) is 0 Å². The molecular weight excluding hydrogens is 416 g/mol. The number of carbonyl (C=O) groups is 1. The van der Waals surface area contributed by atoms with Crippen molar-refractivity contribution in [3.05, 3.63) is 80.4 Å². The first-order valence-electron chi connectivity index (χ1n) is 11.8. The molecule has 0 radical (unpaired) electrons. The quantitative estimate of drug-likeness (QED) is 0.538. The Morgan fingerprint density at radius 3 is 2.18 bits per heavy atom. The Hall–Kier alpha value is -3.19. The maximum absolute atomic E-state index is 12.8. The molecule has 1 aromatic heterocycles. The maximum atomic E-state index is 12.8. The highest BCUT2D eigenvalue weighted by molar-refractivity contribution is 5.94. The lowest BCUT2D eigenvalue weighted by atomic mass is 10.1. The molecule has 1 aliphatic rings. The number of para-hydroxylation sites is 2. The molecule has 0 bridgehead atoms. The highest BCUT2D eigenvalue weighted by Gasteiger charge is 2.18. The molecule has 1 N–H and O–H groups in total. The summed E-state index contributed by atoms with van der Waals surface area (Å²) in [5, 5.41) is 3.01. The van der Waals surface area contributed by atoms with E-state index in [0.717, 1.165) is 36.1 Å². The van der Waals surface area contributed by atoms with Gasteiger partial charge in [0.25, 0.3) is 5.91 Å². The van der Waals surface area contributed by atoms with Gasteiger partial charge in [-0.25, -0.2) is 0 Å². The summed E-state index contributed by atoms with van der Waals surface area (Å²) < 4.78 is 3.02. The number of carbonyl (C=O) groups excluding carboxylic acids is 1. The molecule has 0 saturated carbocycles. The first-order chi connectivity index (χ1) is 16.0. The van der Waals surface area contributed by atoms with Crippen LogP contribution in [-0.4, -0.2) is 45.6 Å². The van der Waals surface area contributed by atoms with Crippen molar-refractivity contribution in [3.8, 4) is 0 Å². The first-order valence-corrected chi connectivity index (χ1v) is 11.8. The first kappa shape index (κ1) is 23.0. The molecule has 1 amide bonds. The maximum Gasteiger partial charge on any atom is 0.317 e. The zero-order valence-corrected chi connectivity index (χ0v) is 19.4. The summed E-state index contributed by atoms with van der Waals surface area (Å²) in [5.41, 5.74) is 1.85. The predicted molar refractivity (Wildman–Crippen MR) is 131 cm³/mol. The van der Waals surface area contributed by atoms with E-state index in [4.69, 9.17) is 0 Å². The summed E-state index contributed by atoms with van der Waals surface area (Å²) in [7, 11) is 0. The van der Waals surface area contributed by atoms with Crippen molar-refractivity contribution in [1.29, 1.82) is 0 Å². The molecule has 3 aromatic rings. The predicted octanol–water partition coefficient (Wildman–Crippen LogP) is 2.84. The fraction of sp³-hybridized carbons (Fsp3) is 0.423. The molecule has 7 nitrogen and oxygen atoms in total. The molecule has 7 heteroatoms. The smallest absolute Gasteiger partial charge is 0.317 e. The normalized spacial score (nSPS) is 15.1. The van der Waals surface area contributed by atoms with E-state index in [9.17, 15) is 14.4 Å². The van der Waals surface area contributed by atoms with Gasteiger partial charge in [-0.15, -0.1) is 0 Å². The molecule has 0 spiro atoms. The number of hydrogen-bond acceptors (Lipinski definition) is 4. The van der Waals surface area contributed by atoms with Crippen molar-refractivity contribution >= 4 is 16.9 Å². The highest BCUT2D eigenvalue weighted by atomic mass is 16.2. The summed E-state index contributed by atoms with van der Waals surface area (Å²) >= 11 is 0. The largest absolute Gasteiger partial charge is 0.352 e. The van der Waals surface area contributed by atoms with Crippen LogP contribution in [0.5, 0.6) is 0 Å². The van der Waals surface area contributed by atoms with Gasteiger partial charge in [-0.2, -0.15) is 0 Å². The number of nitrogens with one attached hydrogen (secondary N) is 1. The number of fused-ring (bicyclic) bond motifs is 1. The molecule has 1 saturated heterocycles. The Morgan fingerprint density at radius 2 is 1.55 bits per heavy atom. The van der Waals surface area contributed by atoms with Crippen LogP contribution in [-0.2, 0) is 13.1 Å². The second-order valence-corrected chi connectivity index (χ2v) is 8.76. The molecule has 1 aliphatic heterocycles. The number of nitrogens with zero attached hydrogens (tertiary/aromatic N) is 3. The van der Waals surface area contributed by atoms with E-state index in [1.165, 1.54) is 22.0 Å². The van der Waals surface area contributed by atoms with Gasteiger partial charge in [0, 0.05) is 24.7 Å². The standard InChI is InChI=1S/C26H32N4O3/c1-3-29-22-8-4-5-9-23(22)30(26(33)25(29)32)18-20-10-12-21(13-11-20)24(31)27-15-14-19(2)28-16-6-7-17-28/h4-5,8-13,19H,3,6-7,14-18H2,1-2H3,(H,27,31). The Labute approximate surface area is 193 Å². The van der Waals surface area contributed by atoms with E-state index in [2.05, 4.69) is 17.1 Å². The third-order valence-corrected chi connectivity index (χ3v) is 6.62. The lowest BCUT2D eigenvalue weighted by Gasteiger charge is -2.23. The summed E-state index contributed by atoms with van der Waals surface area (Å²) in [4.78, 5) is 40.4. The average Bonchev–Trinajstić information content (AvgIpc) is 3.38. The van der Waals surface area contributed by atoms with Crippen molar-refractivity contribution in [2.24, 2.45) is 0 Å². The van der Waals surface area contributed by atoms with Crippen molar-refractivity contribution in [2.45, 2.75) is 52.2 Å². The third kappa shape index (κ3) is 4.93. The number of rotatable bonds is 8. The summed E-state index contributed by atoms with van der Waals surface area (Å²) in [6, 6.07) is 15.1. The van der Waals surface area contributed by atoms with Crippen molar-refractivity contribution in [1.82, 2.24) is 19.4 Å². The molecular formula is C26H32N4O3. The minimum Gasteiger partial charge on any atom is -0.352 e. The molecule has 174 valence electrons. The van der Waals surface area contributed by atoms with Crippen LogP contribution in [0.15, 0.2) is 58.1 Å². The van der Waals surface area contributed by atoms with Crippen LogP contribution < -0.4 is 16.4 Å². The molecule has 1 unspecified atom stereocenters. The number of aromatic nitrogens is 2. The van der Waals surface area contributed by atoms with E-state index in [1.807, 2.05) is 43.3 Å².